The van der Waals surface area contributed by atoms with E-state index in [0.29, 0.717) is 12.6 Å². The lowest BCUT2D eigenvalue weighted by atomic mass is 9.84. The maximum absolute atomic E-state index is 10.00. The zero-order chi connectivity index (χ0) is 9.26. The second kappa shape index (κ2) is 3.95. The van der Waals surface area contributed by atoms with Gasteiger partial charge in [-0.3, -0.25) is 4.90 Å². The van der Waals surface area contributed by atoms with Crippen molar-refractivity contribution in [3.63, 3.8) is 0 Å². The summed E-state index contributed by atoms with van der Waals surface area (Å²) in [4.78, 5) is 2.07. The zero-order valence-electron chi connectivity index (χ0n) is 8.28. The quantitative estimate of drug-likeness (QED) is 0.701. The fourth-order valence-corrected chi connectivity index (χ4v) is 2.38. The van der Waals surface area contributed by atoms with Gasteiger partial charge in [-0.2, -0.15) is 0 Å². The molecule has 3 heteroatoms. The number of hydrogen-bond donors (Lipinski definition) is 1. The number of likely N-dealkylation sites (N-methyl/N-ethyl adjacent to an activating group) is 1. The highest BCUT2D eigenvalue weighted by atomic mass is 16.6. The van der Waals surface area contributed by atoms with Gasteiger partial charge in [0.2, 0.25) is 0 Å². The minimum Gasteiger partial charge on any atom is -0.389 e. The molecule has 3 nitrogen and oxygen atoms in total. The SMILES string of the molecule is CN1COC1C(O)C1CCCCC1. The number of ether oxygens (including phenoxy) is 1. The van der Waals surface area contributed by atoms with Crippen molar-refractivity contribution in [3.8, 4) is 0 Å². The third-order valence-corrected chi connectivity index (χ3v) is 3.31. The molecule has 76 valence electrons. The number of hydrogen-bond acceptors (Lipinski definition) is 3. The lowest BCUT2D eigenvalue weighted by Gasteiger charge is -2.43. The van der Waals surface area contributed by atoms with Gasteiger partial charge in [0, 0.05) is 0 Å². The van der Waals surface area contributed by atoms with Gasteiger partial charge < -0.3 is 9.84 Å². The van der Waals surface area contributed by atoms with Crippen LogP contribution in [0.1, 0.15) is 32.1 Å². The second-order valence-corrected chi connectivity index (χ2v) is 4.33. The fraction of sp³-hybridized carbons (Fsp3) is 1.00. The predicted molar refractivity (Wildman–Crippen MR) is 50.1 cm³/mol. The molecule has 13 heavy (non-hydrogen) atoms. The van der Waals surface area contributed by atoms with Gasteiger partial charge in [0.15, 0.2) is 0 Å². The summed E-state index contributed by atoms with van der Waals surface area (Å²) in [5, 5.41) is 10.00. The Morgan fingerprint density at radius 1 is 1.31 bits per heavy atom. The Kier molecular flexibility index (Phi) is 2.86. The Hall–Kier alpha value is -0.120. The number of nitrogens with zero attached hydrogens (tertiary/aromatic N) is 1. The first-order valence-corrected chi connectivity index (χ1v) is 5.29. The monoisotopic (exact) mass is 185 g/mol. The normalized spacial score (nSPS) is 34.2. The summed E-state index contributed by atoms with van der Waals surface area (Å²) < 4.78 is 5.33. The summed E-state index contributed by atoms with van der Waals surface area (Å²) in [6.07, 6.45) is 5.95. The second-order valence-electron chi connectivity index (χ2n) is 4.33. The van der Waals surface area contributed by atoms with Crippen molar-refractivity contribution in [2.75, 3.05) is 13.8 Å². The minimum atomic E-state index is -0.265. The molecular weight excluding hydrogens is 166 g/mol. The van der Waals surface area contributed by atoms with Crippen LogP contribution >= 0.6 is 0 Å². The van der Waals surface area contributed by atoms with Crippen molar-refractivity contribution in [3.05, 3.63) is 0 Å². The van der Waals surface area contributed by atoms with E-state index in [-0.39, 0.29) is 12.3 Å². The van der Waals surface area contributed by atoms with E-state index in [1.807, 2.05) is 7.05 Å². The highest BCUT2D eigenvalue weighted by Gasteiger charge is 2.37. The first-order chi connectivity index (χ1) is 6.29. The molecule has 2 rings (SSSR count). The molecule has 2 aliphatic rings. The standard InChI is InChI=1S/C10H19NO2/c1-11-7-13-10(11)9(12)8-5-3-2-4-6-8/h8-10,12H,2-7H2,1H3. The van der Waals surface area contributed by atoms with E-state index in [1.165, 1.54) is 32.1 Å². The van der Waals surface area contributed by atoms with Crippen molar-refractivity contribution in [1.29, 1.82) is 0 Å². The van der Waals surface area contributed by atoms with Gasteiger partial charge in [-0.15, -0.1) is 0 Å². The Labute approximate surface area is 79.7 Å². The summed E-state index contributed by atoms with van der Waals surface area (Å²) in [6.45, 7) is 0.675. The number of aliphatic hydroxyl groups excluding tert-OH is 1. The molecule has 1 heterocycles. The van der Waals surface area contributed by atoms with Crippen molar-refractivity contribution < 1.29 is 9.84 Å². The van der Waals surface area contributed by atoms with Gasteiger partial charge in [0.05, 0.1) is 6.10 Å². The average molecular weight is 185 g/mol. The third-order valence-electron chi connectivity index (χ3n) is 3.31. The third kappa shape index (κ3) is 1.87. The summed E-state index contributed by atoms with van der Waals surface area (Å²) in [5.41, 5.74) is 0. The first kappa shape index (κ1) is 9.44. The van der Waals surface area contributed by atoms with E-state index in [1.54, 1.807) is 0 Å². The number of rotatable bonds is 2. The van der Waals surface area contributed by atoms with Crippen LogP contribution in [0.3, 0.4) is 0 Å². The molecule has 1 N–H and O–H groups in total. The van der Waals surface area contributed by atoms with Crippen LogP contribution in [0.5, 0.6) is 0 Å². The van der Waals surface area contributed by atoms with Crippen LogP contribution in [0.4, 0.5) is 0 Å². The van der Waals surface area contributed by atoms with Gasteiger partial charge in [-0.05, 0) is 25.8 Å². The first-order valence-electron chi connectivity index (χ1n) is 5.29. The molecule has 0 bridgehead atoms. The van der Waals surface area contributed by atoms with Crippen molar-refractivity contribution in [2.24, 2.45) is 5.92 Å². The van der Waals surface area contributed by atoms with E-state index in [4.69, 9.17) is 4.74 Å². The average Bonchev–Trinajstić information content (AvgIpc) is 2.17. The highest BCUT2D eigenvalue weighted by Crippen LogP contribution is 2.30. The van der Waals surface area contributed by atoms with E-state index in [0.717, 1.165) is 0 Å². The summed E-state index contributed by atoms with van der Waals surface area (Å²) in [6, 6.07) is 0. The van der Waals surface area contributed by atoms with Gasteiger partial charge in [-0.25, -0.2) is 0 Å². The lowest BCUT2D eigenvalue weighted by molar-refractivity contribution is -0.256. The highest BCUT2D eigenvalue weighted by molar-refractivity contribution is 4.81. The largest absolute Gasteiger partial charge is 0.389 e. The Balaban J connectivity index is 1.84. The van der Waals surface area contributed by atoms with Crippen molar-refractivity contribution in [1.82, 2.24) is 4.90 Å². The molecule has 2 unspecified atom stereocenters. The van der Waals surface area contributed by atoms with E-state index in [9.17, 15) is 5.11 Å². The van der Waals surface area contributed by atoms with E-state index < -0.39 is 0 Å². The van der Waals surface area contributed by atoms with Crippen LogP contribution < -0.4 is 0 Å². The van der Waals surface area contributed by atoms with Crippen LogP contribution in [0, 0.1) is 5.92 Å². The Morgan fingerprint density at radius 2 is 2.00 bits per heavy atom. The van der Waals surface area contributed by atoms with Gasteiger partial charge >= 0.3 is 0 Å². The maximum atomic E-state index is 10.00. The predicted octanol–water partition coefficient (Wildman–Crippen LogP) is 1.17. The van der Waals surface area contributed by atoms with E-state index >= 15 is 0 Å². The van der Waals surface area contributed by atoms with Crippen LogP contribution in [0.25, 0.3) is 0 Å². The van der Waals surface area contributed by atoms with Gasteiger partial charge in [0.1, 0.15) is 13.0 Å². The molecular formula is C10H19NO2. The molecule has 0 aromatic carbocycles. The molecule has 1 aliphatic heterocycles. The molecule has 1 saturated heterocycles. The molecule has 2 atom stereocenters. The molecule has 0 spiro atoms. The molecule has 0 amide bonds. The van der Waals surface area contributed by atoms with Crippen molar-refractivity contribution in [2.45, 2.75) is 44.4 Å². The van der Waals surface area contributed by atoms with Crippen LogP contribution in [0.15, 0.2) is 0 Å². The minimum absolute atomic E-state index is 0.0249. The summed E-state index contributed by atoms with van der Waals surface area (Å²) in [5.74, 6) is 0.474. The Morgan fingerprint density at radius 3 is 2.46 bits per heavy atom. The van der Waals surface area contributed by atoms with Crippen LogP contribution in [-0.2, 0) is 4.74 Å². The number of aliphatic hydroxyl groups is 1. The van der Waals surface area contributed by atoms with Gasteiger partial charge in [0.25, 0.3) is 0 Å². The topological polar surface area (TPSA) is 32.7 Å². The molecule has 1 saturated carbocycles. The molecule has 1 aliphatic carbocycles. The summed E-state index contributed by atoms with van der Waals surface area (Å²) >= 11 is 0. The zero-order valence-corrected chi connectivity index (χ0v) is 8.28. The Bertz CT molecular complexity index is 168. The van der Waals surface area contributed by atoms with Crippen molar-refractivity contribution >= 4 is 0 Å². The lowest BCUT2D eigenvalue weighted by Crippen LogP contribution is -2.56. The fourth-order valence-electron chi connectivity index (χ4n) is 2.38. The van der Waals surface area contributed by atoms with E-state index in [2.05, 4.69) is 4.90 Å². The molecule has 0 aromatic rings. The van der Waals surface area contributed by atoms with Crippen LogP contribution in [-0.4, -0.2) is 36.1 Å². The molecule has 0 radical (unpaired) electrons. The van der Waals surface area contributed by atoms with Crippen LogP contribution in [0.2, 0.25) is 0 Å². The summed E-state index contributed by atoms with van der Waals surface area (Å²) in [7, 11) is 2.00. The molecule has 2 fully saturated rings. The smallest absolute Gasteiger partial charge is 0.140 e. The van der Waals surface area contributed by atoms with Gasteiger partial charge in [-0.1, -0.05) is 19.3 Å². The molecule has 0 aromatic heterocycles. The maximum Gasteiger partial charge on any atom is 0.140 e.